The molecular formula is C31H34N2O4. The van der Waals surface area contributed by atoms with Gasteiger partial charge in [-0.2, -0.15) is 10.5 Å². The molecule has 0 unspecified atom stereocenters. The summed E-state index contributed by atoms with van der Waals surface area (Å²) in [5.41, 5.74) is 9.83. The summed E-state index contributed by atoms with van der Waals surface area (Å²) in [5, 5.41) is 19.1. The number of hydrogen-bond acceptors (Lipinski definition) is 6. The molecule has 37 heavy (non-hydrogen) atoms. The van der Waals surface area contributed by atoms with Gasteiger partial charge in [0.2, 0.25) is 0 Å². The first-order valence-electron chi connectivity index (χ1n) is 12.3. The molecule has 2 rings (SSSR count). The van der Waals surface area contributed by atoms with Crippen LogP contribution in [0.5, 0.6) is 0 Å². The van der Waals surface area contributed by atoms with Crippen LogP contribution in [-0.4, -0.2) is 25.2 Å². The van der Waals surface area contributed by atoms with Crippen molar-refractivity contribution in [2.45, 2.75) is 61.8 Å². The second kappa shape index (κ2) is 12.7. The fraction of sp³-hybridized carbons (Fsp3) is 0.355. The van der Waals surface area contributed by atoms with Crippen molar-refractivity contribution in [2.75, 3.05) is 13.2 Å². The van der Waals surface area contributed by atoms with Gasteiger partial charge in [0.1, 0.15) is 23.3 Å². The lowest BCUT2D eigenvalue weighted by Gasteiger charge is -2.20. The Balaban J connectivity index is 2.69. The van der Waals surface area contributed by atoms with Crippen LogP contribution in [0.3, 0.4) is 0 Å². The molecule has 0 aliphatic carbocycles. The van der Waals surface area contributed by atoms with Crippen molar-refractivity contribution >= 4 is 24.1 Å². The first kappa shape index (κ1) is 29.1. The summed E-state index contributed by atoms with van der Waals surface area (Å²) in [6, 6.07) is 8.04. The van der Waals surface area contributed by atoms with E-state index in [4.69, 9.17) is 9.47 Å². The van der Waals surface area contributed by atoms with Gasteiger partial charge in [-0.15, -0.1) is 0 Å². The summed E-state index contributed by atoms with van der Waals surface area (Å²) >= 11 is 0. The van der Waals surface area contributed by atoms with E-state index in [1.807, 2.05) is 53.7 Å². The molecule has 0 fully saturated rings. The molecule has 0 aliphatic rings. The quantitative estimate of drug-likeness (QED) is 0.249. The van der Waals surface area contributed by atoms with Gasteiger partial charge >= 0.3 is 11.9 Å². The Labute approximate surface area is 219 Å². The topological polar surface area (TPSA) is 100 Å². The summed E-state index contributed by atoms with van der Waals surface area (Å²) in [7, 11) is 0. The molecule has 0 heterocycles. The highest BCUT2D eigenvalue weighted by Gasteiger charge is 2.18. The van der Waals surface area contributed by atoms with E-state index in [9.17, 15) is 20.1 Å². The number of carbonyl (C=O) groups is 2. The van der Waals surface area contributed by atoms with Gasteiger partial charge in [0.25, 0.3) is 0 Å². The molecule has 0 radical (unpaired) electrons. The van der Waals surface area contributed by atoms with E-state index in [2.05, 4.69) is 12.1 Å². The number of nitrogens with zero attached hydrogens (tertiary/aromatic N) is 2. The summed E-state index contributed by atoms with van der Waals surface area (Å²) < 4.78 is 10.1. The van der Waals surface area contributed by atoms with Crippen molar-refractivity contribution in [2.24, 2.45) is 0 Å². The molecule has 0 saturated heterocycles. The fourth-order valence-corrected chi connectivity index (χ4v) is 4.63. The van der Waals surface area contributed by atoms with Gasteiger partial charge in [-0.1, -0.05) is 12.1 Å². The Morgan fingerprint density at radius 1 is 0.703 bits per heavy atom. The molecule has 0 aliphatic heterocycles. The molecule has 2 aromatic carbocycles. The summed E-state index contributed by atoms with van der Waals surface area (Å²) in [6.45, 7) is 15.8. The first-order valence-corrected chi connectivity index (χ1v) is 12.3. The van der Waals surface area contributed by atoms with Crippen molar-refractivity contribution in [3.05, 3.63) is 78.9 Å². The highest BCUT2D eigenvalue weighted by molar-refractivity contribution is 5.99. The molecule has 6 heteroatoms. The highest BCUT2D eigenvalue weighted by Crippen LogP contribution is 2.31. The Hall–Kier alpha value is -4.16. The van der Waals surface area contributed by atoms with Crippen LogP contribution in [0.2, 0.25) is 0 Å². The average molecular weight is 499 g/mol. The molecule has 0 saturated carbocycles. The second-order valence-corrected chi connectivity index (χ2v) is 9.01. The van der Waals surface area contributed by atoms with Crippen molar-refractivity contribution in [1.29, 1.82) is 10.5 Å². The van der Waals surface area contributed by atoms with Crippen LogP contribution in [0.25, 0.3) is 12.2 Å². The van der Waals surface area contributed by atoms with Gasteiger partial charge in [-0.3, -0.25) is 0 Å². The summed E-state index contributed by atoms with van der Waals surface area (Å²) in [4.78, 5) is 24.5. The third kappa shape index (κ3) is 6.54. The lowest BCUT2D eigenvalue weighted by Crippen LogP contribution is -2.09. The second-order valence-electron chi connectivity index (χ2n) is 9.01. The number of aryl methyl sites for hydroxylation is 4. The molecule has 0 amide bonds. The van der Waals surface area contributed by atoms with Crippen LogP contribution in [0.4, 0.5) is 0 Å². The number of ether oxygens (including phenoxy) is 2. The normalized spacial score (nSPS) is 11.5. The zero-order chi connectivity index (χ0) is 27.9. The smallest absolute Gasteiger partial charge is 0.348 e. The Bertz CT molecular complexity index is 1280. The Kier molecular flexibility index (Phi) is 9.98. The van der Waals surface area contributed by atoms with Crippen molar-refractivity contribution < 1.29 is 19.1 Å². The maximum Gasteiger partial charge on any atom is 0.348 e. The molecule has 6 nitrogen and oxygen atoms in total. The highest BCUT2D eigenvalue weighted by atomic mass is 16.5. The lowest BCUT2D eigenvalue weighted by molar-refractivity contribution is -0.138. The van der Waals surface area contributed by atoms with Gasteiger partial charge in [0.15, 0.2) is 0 Å². The number of esters is 2. The molecule has 0 N–H and O–H groups in total. The SMILES string of the molecule is CCOC(=O)/C(C#N)=C/c1c(C)cc(C)c(Cc2c(C)cc(C)c(/C=C(\C#N)C(=O)OCC)c2C)c1C. The third-order valence-corrected chi connectivity index (χ3v) is 6.54. The predicted octanol–water partition coefficient (Wildman–Crippen LogP) is 6.07. The molecule has 2 aromatic rings. The molecule has 0 bridgehead atoms. The van der Waals surface area contributed by atoms with E-state index in [0.29, 0.717) is 6.42 Å². The van der Waals surface area contributed by atoms with E-state index in [-0.39, 0.29) is 24.4 Å². The zero-order valence-electron chi connectivity index (χ0n) is 23.0. The van der Waals surface area contributed by atoms with Crippen molar-refractivity contribution in [3.63, 3.8) is 0 Å². The minimum absolute atomic E-state index is 0.0408. The van der Waals surface area contributed by atoms with Gasteiger partial charge in [0, 0.05) is 0 Å². The van der Waals surface area contributed by atoms with E-state index >= 15 is 0 Å². The van der Waals surface area contributed by atoms with Crippen LogP contribution in [-0.2, 0) is 25.5 Å². The number of nitriles is 2. The monoisotopic (exact) mass is 498 g/mol. The first-order chi connectivity index (χ1) is 17.5. The largest absolute Gasteiger partial charge is 0.462 e. The van der Waals surface area contributed by atoms with Crippen molar-refractivity contribution in [1.82, 2.24) is 0 Å². The van der Waals surface area contributed by atoms with Crippen LogP contribution >= 0.6 is 0 Å². The van der Waals surface area contributed by atoms with E-state index < -0.39 is 11.9 Å². The molecule has 192 valence electrons. The standard InChI is InChI=1S/C31H34N2O4/c1-9-36-30(34)24(16-32)13-26-18(3)11-20(5)28(22(26)7)15-29-21(6)12-19(4)27(23(29)8)14-25(17-33)31(35)37-10-2/h11-14H,9-10,15H2,1-8H3/b24-13+,25-14+. The number of carbonyl (C=O) groups excluding carboxylic acids is 2. The van der Waals surface area contributed by atoms with Crippen LogP contribution in [0.15, 0.2) is 23.3 Å². The van der Waals surface area contributed by atoms with Crippen molar-refractivity contribution in [3.8, 4) is 12.1 Å². The lowest BCUT2D eigenvalue weighted by atomic mass is 9.84. The number of hydrogen-bond donors (Lipinski definition) is 0. The van der Waals surface area contributed by atoms with Crippen LogP contribution in [0, 0.1) is 64.2 Å². The van der Waals surface area contributed by atoms with Gasteiger partial charge < -0.3 is 9.47 Å². The maximum atomic E-state index is 12.2. The molecular weight excluding hydrogens is 464 g/mol. The molecule has 0 atom stereocenters. The summed E-state index contributed by atoms with van der Waals surface area (Å²) in [6.07, 6.45) is 3.82. The van der Waals surface area contributed by atoms with E-state index in [1.54, 1.807) is 26.0 Å². The fourth-order valence-electron chi connectivity index (χ4n) is 4.63. The predicted molar refractivity (Wildman–Crippen MR) is 145 cm³/mol. The zero-order valence-corrected chi connectivity index (χ0v) is 23.0. The third-order valence-electron chi connectivity index (χ3n) is 6.54. The van der Waals surface area contributed by atoms with Gasteiger partial charge in [0.05, 0.1) is 13.2 Å². The van der Waals surface area contributed by atoms with Crippen LogP contribution in [0.1, 0.15) is 69.5 Å². The summed E-state index contributed by atoms with van der Waals surface area (Å²) in [5.74, 6) is -1.27. The van der Waals surface area contributed by atoms with Gasteiger partial charge in [-0.25, -0.2) is 9.59 Å². The maximum absolute atomic E-state index is 12.2. The molecule has 0 spiro atoms. The van der Waals surface area contributed by atoms with E-state index in [1.165, 1.54) is 0 Å². The number of rotatable bonds is 8. The molecule has 0 aromatic heterocycles. The van der Waals surface area contributed by atoms with Gasteiger partial charge in [-0.05, 0) is 130 Å². The minimum atomic E-state index is -0.637. The average Bonchev–Trinajstić information content (AvgIpc) is 2.83. The Morgan fingerprint density at radius 2 is 1.05 bits per heavy atom. The Morgan fingerprint density at radius 3 is 1.35 bits per heavy atom. The van der Waals surface area contributed by atoms with E-state index in [0.717, 1.165) is 55.6 Å². The van der Waals surface area contributed by atoms with Crippen LogP contribution < -0.4 is 0 Å². The minimum Gasteiger partial charge on any atom is -0.462 e. The number of benzene rings is 2.